The normalized spacial score (nSPS) is 16.8. The molecule has 0 saturated carbocycles. The maximum Gasteiger partial charge on any atom is 0.294 e. The third kappa shape index (κ3) is 8.98. The fraction of sp³-hybridized carbons (Fsp3) is 0.173. The van der Waals surface area contributed by atoms with Gasteiger partial charge in [0.25, 0.3) is 15.1 Å². The van der Waals surface area contributed by atoms with Gasteiger partial charge in [0.15, 0.2) is 6.54 Å². The lowest BCUT2D eigenvalue weighted by atomic mass is 9.87. The zero-order valence-electron chi connectivity index (χ0n) is 33.8. The number of fused-ring (bicyclic) bond motifs is 2. The number of thiazole rings is 1. The van der Waals surface area contributed by atoms with Gasteiger partial charge >= 0.3 is 0 Å². The summed E-state index contributed by atoms with van der Waals surface area (Å²) in [6.07, 6.45) is 10.9. The molecule has 5 nitrogen and oxygen atoms in total. The van der Waals surface area contributed by atoms with Crippen molar-refractivity contribution in [2.45, 2.75) is 55.9 Å². The second kappa shape index (κ2) is 17.2. The van der Waals surface area contributed by atoms with Crippen LogP contribution in [0.25, 0.3) is 38.5 Å². The Balaban J connectivity index is 1.06. The van der Waals surface area contributed by atoms with Gasteiger partial charge in [0.2, 0.25) is 5.52 Å². The Labute approximate surface area is 361 Å². The Hall–Kier alpha value is -5.51. The highest BCUT2D eigenvalue weighted by Gasteiger charge is 2.28. The maximum atomic E-state index is 11.7. The molecule has 8 heteroatoms. The molecule has 1 aromatic heterocycles. The van der Waals surface area contributed by atoms with Crippen molar-refractivity contribution in [3.05, 3.63) is 196 Å². The third-order valence-electron chi connectivity index (χ3n) is 11.4. The van der Waals surface area contributed by atoms with Gasteiger partial charge in [0, 0.05) is 30.0 Å². The Kier molecular flexibility index (Phi) is 11.5. The van der Waals surface area contributed by atoms with Crippen LogP contribution in [-0.4, -0.2) is 19.5 Å². The highest BCUT2D eigenvalue weighted by Crippen LogP contribution is 2.48. The summed E-state index contributed by atoms with van der Waals surface area (Å²) in [6.45, 7) is 6.11. The fourth-order valence-electron chi connectivity index (χ4n) is 8.31. The van der Waals surface area contributed by atoms with Crippen molar-refractivity contribution in [2.75, 3.05) is 11.4 Å². The molecule has 1 aliphatic carbocycles. The zero-order valence-corrected chi connectivity index (χ0v) is 36.2. The van der Waals surface area contributed by atoms with Crippen LogP contribution in [0.5, 0.6) is 0 Å². The van der Waals surface area contributed by atoms with E-state index in [9.17, 15) is 13.0 Å². The molecule has 0 spiro atoms. The summed E-state index contributed by atoms with van der Waals surface area (Å²) in [5, 5.41) is 2.46. The Morgan fingerprint density at radius 2 is 1.38 bits per heavy atom. The molecule has 2 aliphatic rings. The fourth-order valence-corrected chi connectivity index (χ4v) is 11.1. The molecule has 0 radical (unpaired) electrons. The molecule has 300 valence electrons. The molecule has 0 amide bonds. The quantitative estimate of drug-likeness (QED) is 0.104. The van der Waals surface area contributed by atoms with E-state index in [0.717, 1.165) is 31.4 Å². The molecule has 7 aromatic rings. The molecule has 60 heavy (non-hydrogen) atoms. The lowest BCUT2D eigenvalue weighted by molar-refractivity contribution is -0.668. The van der Waals surface area contributed by atoms with E-state index >= 15 is 0 Å². The van der Waals surface area contributed by atoms with Crippen molar-refractivity contribution in [2.24, 2.45) is 5.92 Å². The number of thioether (sulfide) groups is 1. The van der Waals surface area contributed by atoms with Crippen LogP contribution in [0, 0.1) is 12.8 Å². The van der Waals surface area contributed by atoms with Crippen LogP contribution in [0.2, 0.25) is 0 Å². The number of hydrogen-bond donors (Lipinski definition) is 1. The topological polar surface area (TPSA) is 61.5 Å². The average molecular weight is 844 g/mol. The highest BCUT2D eigenvalue weighted by molar-refractivity contribution is 8.03. The molecule has 1 N–H and O–H groups in total. The lowest BCUT2D eigenvalue weighted by Crippen LogP contribution is -2.36. The van der Waals surface area contributed by atoms with Crippen LogP contribution in [0.15, 0.2) is 184 Å². The number of aromatic nitrogens is 1. The van der Waals surface area contributed by atoms with Crippen molar-refractivity contribution < 1.29 is 17.5 Å². The minimum atomic E-state index is -4.25. The first kappa shape index (κ1) is 39.9. The summed E-state index contributed by atoms with van der Waals surface area (Å²) in [7, 11) is -4.25. The smallest absolute Gasteiger partial charge is 0.294 e. The first-order valence-corrected chi connectivity index (χ1v) is 23.6. The van der Waals surface area contributed by atoms with E-state index in [0.29, 0.717) is 18.9 Å². The summed E-state index contributed by atoms with van der Waals surface area (Å²) >= 11 is 3.69. The van der Waals surface area contributed by atoms with Crippen LogP contribution in [0.1, 0.15) is 41.5 Å². The largest absolute Gasteiger partial charge is 0.335 e. The SMILES string of the molecule is Cc1ccc(CC[n+]2c(C=C3C=C(C=C4Sc5ccc(-c6ccccc6)cc5N4CCc4ccc(S(=O)(=O)O)cc4)CC(C)C3)sc3ccc(-c4ccccc4)cc32)cc1. The van der Waals surface area contributed by atoms with Crippen LogP contribution >= 0.6 is 23.1 Å². The van der Waals surface area contributed by atoms with E-state index in [4.69, 9.17) is 0 Å². The van der Waals surface area contributed by atoms with Crippen molar-refractivity contribution in [1.29, 1.82) is 0 Å². The van der Waals surface area contributed by atoms with Gasteiger partial charge in [0.05, 0.1) is 15.6 Å². The zero-order chi connectivity index (χ0) is 41.2. The standard InChI is InChI=1S/C52H46N2O3S3/c1-36-13-15-38(16-14-36)25-27-53-47-34-44(42-9-5-3-6-10-42)19-23-49(47)58-51(53)32-40-29-37(2)30-41(31-40)33-52-54(28-26-39-17-21-46(22-18-39)60(55,56)57)48-35-45(20-24-50(48)59-52)43-11-7-4-8-12-43/h3-24,31-35,37H,25-30H2,1-2H3/p+1. The minimum Gasteiger partial charge on any atom is -0.335 e. The van der Waals surface area contributed by atoms with Gasteiger partial charge in [-0.2, -0.15) is 13.0 Å². The monoisotopic (exact) mass is 843 g/mol. The molecule has 6 aromatic carbocycles. The van der Waals surface area contributed by atoms with E-state index in [1.165, 1.54) is 87.5 Å². The summed E-state index contributed by atoms with van der Waals surface area (Å²) in [5.74, 6) is 0.487. The molecule has 0 bridgehead atoms. The second-order valence-electron chi connectivity index (χ2n) is 16.0. The average Bonchev–Trinajstić information content (AvgIpc) is 3.78. The van der Waals surface area contributed by atoms with Gasteiger partial charge in [-0.3, -0.25) is 4.55 Å². The van der Waals surface area contributed by atoms with Crippen molar-refractivity contribution >= 4 is 55.2 Å². The predicted molar refractivity (Wildman–Crippen MR) is 250 cm³/mol. The van der Waals surface area contributed by atoms with Gasteiger partial charge in [0.1, 0.15) is 4.70 Å². The first-order valence-electron chi connectivity index (χ1n) is 20.5. The number of benzene rings is 6. The number of anilines is 1. The van der Waals surface area contributed by atoms with Crippen LogP contribution in [0.4, 0.5) is 5.69 Å². The van der Waals surface area contributed by atoms with Crippen LogP contribution in [0.3, 0.4) is 0 Å². The predicted octanol–water partition coefficient (Wildman–Crippen LogP) is 12.8. The Morgan fingerprint density at radius 1 is 0.733 bits per heavy atom. The molecule has 0 fully saturated rings. The van der Waals surface area contributed by atoms with Gasteiger partial charge in [-0.05, 0) is 113 Å². The van der Waals surface area contributed by atoms with Gasteiger partial charge in [-0.15, -0.1) is 0 Å². The van der Waals surface area contributed by atoms with Crippen molar-refractivity contribution in [1.82, 2.24) is 0 Å². The number of hydrogen-bond acceptors (Lipinski definition) is 5. The summed E-state index contributed by atoms with van der Waals surface area (Å²) in [6, 6.07) is 50.3. The van der Waals surface area contributed by atoms with E-state index < -0.39 is 10.1 Å². The van der Waals surface area contributed by atoms with Gasteiger partial charge in [-0.1, -0.05) is 151 Å². The molecular formula is C52H47N2O3S3+. The molecule has 1 unspecified atom stereocenters. The number of aryl methyl sites for hydroxylation is 3. The van der Waals surface area contributed by atoms with Gasteiger partial charge in [-0.25, -0.2) is 0 Å². The minimum absolute atomic E-state index is 0.0898. The summed E-state index contributed by atoms with van der Waals surface area (Å²) < 4.78 is 36.8. The molecule has 1 aliphatic heterocycles. The Morgan fingerprint density at radius 3 is 2.08 bits per heavy atom. The maximum absolute atomic E-state index is 11.7. The van der Waals surface area contributed by atoms with E-state index in [1.807, 2.05) is 29.2 Å². The van der Waals surface area contributed by atoms with Crippen molar-refractivity contribution in [3.63, 3.8) is 0 Å². The van der Waals surface area contributed by atoms with E-state index in [-0.39, 0.29) is 4.90 Å². The Bertz CT molecular complexity index is 2880. The van der Waals surface area contributed by atoms with Crippen LogP contribution < -0.4 is 9.47 Å². The molecular weight excluding hydrogens is 797 g/mol. The number of rotatable bonds is 11. The molecule has 2 heterocycles. The third-order valence-corrected chi connectivity index (χ3v) is 14.5. The highest BCUT2D eigenvalue weighted by atomic mass is 32.2. The van der Waals surface area contributed by atoms with Crippen molar-refractivity contribution in [3.8, 4) is 22.3 Å². The molecule has 0 saturated heterocycles. The molecule has 9 rings (SSSR count). The lowest BCUT2D eigenvalue weighted by Gasteiger charge is -2.24. The van der Waals surface area contributed by atoms with Crippen LogP contribution in [-0.2, 0) is 29.5 Å². The van der Waals surface area contributed by atoms with E-state index in [1.54, 1.807) is 12.1 Å². The van der Waals surface area contributed by atoms with E-state index in [2.05, 4.69) is 157 Å². The summed E-state index contributed by atoms with van der Waals surface area (Å²) in [5.41, 5.74) is 13.5. The number of nitrogens with zero attached hydrogens (tertiary/aromatic N) is 2. The van der Waals surface area contributed by atoms with Gasteiger partial charge < -0.3 is 4.90 Å². The second-order valence-corrected chi connectivity index (χ2v) is 19.5. The number of allylic oxidation sites excluding steroid dienone is 4. The molecule has 1 atom stereocenters. The summed E-state index contributed by atoms with van der Waals surface area (Å²) in [4.78, 5) is 3.55. The first-order chi connectivity index (χ1) is 29.1.